The SMILES string of the molecule is CC(=O)N1C[C@@H](C)Sc2ccc(S(=O)(=O)NC(C)(C)C)cc21. The van der Waals surface area contributed by atoms with Crippen LogP contribution in [0, 0.1) is 0 Å². The second-order valence-corrected chi connectivity index (χ2v) is 9.71. The van der Waals surface area contributed by atoms with E-state index in [0.29, 0.717) is 12.2 Å². The van der Waals surface area contributed by atoms with Gasteiger partial charge in [0.25, 0.3) is 0 Å². The first-order chi connectivity index (χ1) is 9.99. The minimum absolute atomic E-state index is 0.0771. The van der Waals surface area contributed by atoms with Crippen LogP contribution in [-0.4, -0.2) is 31.7 Å². The Bertz CT molecular complexity index is 693. The van der Waals surface area contributed by atoms with Crippen molar-refractivity contribution >= 4 is 33.4 Å². The largest absolute Gasteiger partial charge is 0.310 e. The van der Waals surface area contributed by atoms with E-state index in [2.05, 4.69) is 11.6 Å². The van der Waals surface area contributed by atoms with Crippen molar-refractivity contribution in [2.24, 2.45) is 0 Å². The number of rotatable bonds is 2. The summed E-state index contributed by atoms with van der Waals surface area (Å²) in [6.45, 7) is 9.52. The van der Waals surface area contributed by atoms with Gasteiger partial charge in [0.15, 0.2) is 0 Å². The lowest BCUT2D eigenvalue weighted by molar-refractivity contribution is -0.116. The minimum atomic E-state index is -3.61. The Morgan fingerprint density at radius 2 is 2.00 bits per heavy atom. The van der Waals surface area contributed by atoms with E-state index in [1.807, 2.05) is 0 Å². The van der Waals surface area contributed by atoms with Crippen molar-refractivity contribution in [3.63, 3.8) is 0 Å². The molecule has 0 aliphatic carbocycles. The molecule has 1 N–H and O–H groups in total. The van der Waals surface area contributed by atoms with Gasteiger partial charge in [0.1, 0.15) is 0 Å². The Hall–Kier alpha value is -1.05. The van der Waals surface area contributed by atoms with Gasteiger partial charge in [-0.2, -0.15) is 0 Å². The summed E-state index contributed by atoms with van der Waals surface area (Å²) in [5.41, 5.74) is 0.116. The van der Waals surface area contributed by atoms with Gasteiger partial charge in [-0.1, -0.05) is 6.92 Å². The number of carbonyl (C=O) groups excluding carboxylic acids is 1. The van der Waals surface area contributed by atoms with E-state index in [1.165, 1.54) is 6.92 Å². The van der Waals surface area contributed by atoms with Gasteiger partial charge in [-0.25, -0.2) is 13.1 Å². The van der Waals surface area contributed by atoms with E-state index in [0.717, 1.165) is 4.90 Å². The van der Waals surface area contributed by atoms with E-state index < -0.39 is 15.6 Å². The van der Waals surface area contributed by atoms with E-state index in [-0.39, 0.29) is 16.1 Å². The van der Waals surface area contributed by atoms with Gasteiger partial charge in [-0.05, 0) is 39.0 Å². The summed E-state index contributed by atoms with van der Waals surface area (Å²) in [5.74, 6) is -0.0771. The van der Waals surface area contributed by atoms with Gasteiger partial charge >= 0.3 is 0 Å². The third kappa shape index (κ3) is 3.83. The van der Waals surface area contributed by atoms with Crippen LogP contribution < -0.4 is 9.62 Å². The molecule has 0 saturated carbocycles. The lowest BCUT2D eigenvalue weighted by Crippen LogP contribution is -2.41. The Morgan fingerprint density at radius 1 is 1.36 bits per heavy atom. The number of nitrogens with zero attached hydrogens (tertiary/aromatic N) is 1. The fourth-order valence-corrected chi connectivity index (χ4v) is 4.88. The van der Waals surface area contributed by atoms with Crippen LogP contribution in [0.3, 0.4) is 0 Å². The molecule has 1 amide bonds. The Kier molecular flexibility index (Phi) is 4.61. The van der Waals surface area contributed by atoms with Crippen molar-refractivity contribution in [2.75, 3.05) is 11.4 Å². The van der Waals surface area contributed by atoms with Crippen LogP contribution in [-0.2, 0) is 14.8 Å². The van der Waals surface area contributed by atoms with Crippen LogP contribution in [0.15, 0.2) is 28.0 Å². The van der Waals surface area contributed by atoms with Gasteiger partial charge < -0.3 is 4.90 Å². The monoisotopic (exact) mass is 342 g/mol. The number of anilines is 1. The maximum Gasteiger partial charge on any atom is 0.241 e. The van der Waals surface area contributed by atoms with Crippen LogP contribution in [0.4, 0.5) is 5.69 Å². The highest BCUT2D eigenvalue weighted by Crippen LogP contribution is 2.39. The fourth-order valence-electron chi connectivity index (χ4n) is 2.34. The molecule has 1 heterocycles. The van der Waals surface area contributed by atoms with E-state index in [4.69, 9.17) is 0 Å². The van der Waals surface area contributed by atoms with Crippen LogP contribution in [0.5, 0.6) is 0 Å². The summed E-state index contributed by atoms with van der Waals surface area (Å²) in [6, 6.07) is 4.96. The van der Waals surface area contributed by atoms with Crippen molar-refractivity contribution < 1.29 is 13.2 Å². The first-order valence-electron chi connectivity index (χ1n) is 7.12. The molecule has 1 aromatic rings. The molecular formula is C15H22N2O3S2. The average molecular weight is 342 g/mol. The normalized spacial score (nSPS) is 19.0. The summed E-state index contributed by atoms with van der Waals surface area (Å²) < 4.78 is 27.5. The molecule has 1 atom stereocenters. The van der Waals surface area contributed by atoms with Gasteiger partial charge in [-0.3, -0.25) is 4.79 Å². The number of amides is 1. The highest BCUT2D eigenvalue weighted by atomic mass is 32.2. The van der Waals surface area contributed by atoms with Crippen molar-refractivity contribution in [2.45, 2.75) is 55.2 Å². The first-order valence-corrected chi connectivity index (χ1v) is 9.49. The number of carbonyl (C=O) groups is 1. The summed E-state index contributed by atoms with van der Waals surface area (Å²) in [5, 5.41) is 0.284. The number of hydrogen-bond donors (Lipinski definition) is 1. The van der Waals surface area contributed by atoms with Gasteiger partial charge in [0.05, 0.1) is 10.6 Å². The van der Waals surface area contributed by atoms with Crippen molar-refractivity contribution in [3.05, 3.63) is 18.2 Å². The van der Waals surface area contributed by atoms with Crippen LogP contribution in [0.1, 0.15) is 34.6 Å². The molecule has 0 bridgehead atoms. The molecule has 22 heavy (non-hydrogen) atoms. The van der Waals surface area contributed by atoms with Crippen LogP contribution >= 0.6 is 11.8 Å². The second kappa shape index (κ2) is 5.86. The third-order valence-corrected chi connectivity index (χ3v) is 6.03. The average Bonchev–Trinajstić information content (AvgIpc) is 2.34. The minimum Gasteiger partial charge on any atom is -0.310 e. The molecule has 1 aliphatic rings. The third-order valence-electron chi connectivity index (χ3n) is 3.12. The fraction of sp³-hybridized carbons (Fsp3) is 0.533. The zero-order valence-corrected chi connectivity index (χ0v) is 15.1. The van der Waals surface area contributed by atoms with Gasteiger partial charge in [0, 0.05) is 29.2 Å². The summed E-state index contributed by atoms with van der Waals surface area (Å²) in [7, 11) is -3.61. The zero-order valence-electron chi connectivity index (χ0n) is 13.5. The van der Waals surface area contributed by atoms with Crippen molar-refractivity contribution in [1.29, 1.82) is 0 Å². The molecule has 2 rings (SSSR count). The molecule has 122 valence electrons. The summed E-state index contributed by atoms with van der Waals surface area (Å²) in [6.07, 6.45) is 0. The molecule has 0 unspecified atom stereocenters. The quantitative estimate of drug-likeness (QED) is 0.897. The van der Waals surface area contributed by atoms with E-state index in [1.54, 1.807) is 55.6 Å². The summed E-state index contributed by atoms with van der Waals surface area (Å²) >= 11 is 1.66. The Labute approximate surface area is 136 Å². The molecule has 0 saturated heterocycles. The molecular weight excluding hydrogens is 320 g/mol. The molecule has 0 radical (unpaired) electrons. The molecule has 1 aliphatic heterocycles. The second-order valence-electron chi connectivity index (χ2n) is 6.54. The maximum absolute atomic E-state index is 12.5. The standard InChI is InChI=1S/C15H22N2O3S2/c1-10-9-17(11(2)18)13-8-12(6-7-14(13)21-10)22(19,20)16-15(3,4)5/h6-8,10,16H,9H2,1-5H3/t10-/m1/s1. The van der Waals surface area contributed by atoms with E-state index in [9.17, 15) is 13.2 Å². The Morgan fingerprint density at radius 3 is 2.55 bits per heavy atom. The first kappa shape index (κ1) is 17.3. The van der Waals surface area contributed by atoms with Crippen molar-refractivity contribution in [1.82, 2.24) is 4.72 Å². The molecule has 0 fully saturated rings. The lowest BCUT2D eigenvalue weighted by Gasteiger charge is -2.32. The molecule has 7 heteroatoms. The maximum atomic E-state index is 12.5. The lowest BCUT2D eigenvalue weighted by atomic mass is 10.1. The predicted molar refractivity (Wildman–Crippen MR) is 89.9 cm³/mol. The predicted octanol–water partition coefficient (Wildman–Crippen LogP) is 2.61. The van der Waals surface area contributed by atoms with Gasteiger partial charge in [-0.15, -0.1) is 11.8 Å². The molecule has 0 spiro atoms. The number of hydrogen-bond acceptors (Lipinski definition) is 4. The highest BCUT2D eigenvalue weighted by molar-refractivity contribution is 8.00. The number of thioether (sulfide) groups is 1. The van der Waals surface area contributed by atoms with Crippen LogP contribution in [0.25, 0.3) is 0 Å². The van der Waals surface area contributed by atoms with E-state index >= 15 is 0 Å². The van der Waals surface area contributed by atoms with Gasteiger partial charge in [0.2, 0.25) is 15.9 Å². The highest BCUT2D eigenvalue weighted by Gasteiger charge is 2.28. The van der Waals surface area contributed by atoms with Crippen molar-refractivity contribution in [3.8, 4) is 0 Å². The number of sulfonamides is 1. The number of benzene rings is 1. The zero-order chi connectivity index (χ0) is 16.7. The summed E-state index contributed by atoms with van der Waals surface area (Å²) in [4.78, 5) is 14.6. The topological polar surface area (TPSA) is 66.5 Å². The molecule has 5 nitrogen and oxygen atoms in total. The number of nitrogens with one attached hydrogen (secondary N) is 1. The smallest absolute Gasteiger partial charge is 0.241 e. The van der Waals surface area contributed by atoms with Crippen LogP contribution in [0.2, 0.25) is 0 Å². The number of fused-ring (bicyclic) bond motifs is 1. The molecule has 0 aromatic heterocycles. The molecule has 1 aromatic carbocycles. The Balaban J connectivity index is 2.47.